The summed E-state index contributed by atoms with van der Waals surface area (Å²) in [4.78, 5) is 11.0. The lowest BCUT2D eigenvalue weighted by molar-refractivity contribution is -0.142. The van der Waals surface area contributed by atoms with Crippen LogP contribution in [0, 0.1) is 0 Å². The summed E-state index contributed by atoms with van der Waals surface area (Å²) in [5.74, 6) is 0.419. The van der Waals surface area contributed by atoms with E-state index in [4.69, 9.17) is 15.7 Å². The molecule has 6 heteroatoms. The zero-order valence-corrected chi connectivity index (χ0v) is 10.8. The van der Waals surface area contributed by atoms with E-state index in [-0.39, 0.29) is 12.4 Å². The fourth-order valence-corrected chi connectivity index (χ4v) is 1.52. The van der Waals surface area contributed by atoms with Crippen LogP contribution in [-0.2, 0) is 16.0 Å². The van der Waals surface area contributed by atoms with Crippen LogP contribution in [0.3, 0.4) is 0 Å². The van der Waals surface area contributed by atoms with Crippen LogP contribution in [0.4, 0.5) is 0 Å². The molecule has 0 fully saturated rings. The molecule has 0 aliphatic carbocycles. The number of nitrogens with zero attached hydrogens (tertiary/aromatic N) is 1. The van der Waals surface area contributed by atoms with Crippen LogP contribution < -0.4 is 10.5 Å². The number of benzene rings is 1. The summed E-state index contributed by atoms with van der Waals surface area (Å²) in [6.07, 6.45) is 2.09. The van der Waals surface area contributed by atoms with Crippen LogP contribution in [0.25, 0.3) is 0 Å². The third-order valence-corrected chi connectivity index (χ3v) is 2.51. The lowest BCUT2D eigenvalue weighted by atomic mass is 10.1. The molecule has 0 amide bonds. The Balaban J connectivity index is 2.45. The molecule has 19 heavy (non-hydrogen) atoms. The second-order valence-corrected chi connectivity index (χ2v) is 3.96. The van der Waals surface area contributed by atoms with E-state index >= 15 is 0 Å². The summed E-state index contributed by atoms with van der Waals surface area (Å²) in [5, 5.41) is 11.3. The van der Waals surface area contributed by atoms with Crippen molar-refractivity contribution < 1.29 is 19.5 Å². The monoisotopic (exact) mass is 266 g/mol. The number of nitrogens with two attached hydrogens (primary N) is 1. The lowest BCUT2D eigenvalue weighted by Gasteiger charge is -2.07. The first-order valence-electron chi connectivity index (χ1n) is 5.90. The highest BCUT2D eigenvalue weighted by Crippen LogP contribution is 2.15. The van der Waals surface area contributed by atoms with Crippen LogP contribution >= 0.6 is 0 Å². The van der Waals surface area contributed by atoms with Gasteiger partial charge in [0, 0.05) is 6.42 Å². The Morgan fingerprint density at radius 2 is 2.26 bits per heavy atom. The van der Waals surface area contributed by atoms with Crippen LogP contribution in [0.1, 0.15) is 18.4 Å². The fraction of sp³-hybridized carbons (Fsp3) is 0.385. The highest BCUT2D eigenvalue weighted by Gasteiger charge is 2.03. The summed E-state index contributed by atoms with van der Waals surface area (Å²) in [6, 6.07) is 7.44. The minimum Gasteiger partial charge on any atom is -0.482 e. The van der Waals surface area contributed by atoms with Crippen LogP contribution in [0.15, 0.2) is 29.4 Å². The van der Waals surface area contributed by atoms with E-state index in [1.54, 1.807) is 6.07 Å². The summed E-state index contributed by atoms with van der Waals surface area (Å²) in [7, 11) is 1.31. The molecule has 0 aromatic heterocycles. The molecular formula is C13H18N2O4. The molecule has 0 spiro atoms. The number of ether oxygens (including phenoxy) is 2. The molecule has 1 aromatic rings. The molecule has 0 atom stereocenters. The first-order valence-corrected chi connectivity index (χ1v) is 5.90. The van der Waals surface area contributed by atoms with Gasteiger partial charge in [-0.2, -0.15) is 0 Å². The Labute approximate surface area is 111 Å². The quantitative estimate of drug-likeness (QED) is 0.255. The van der Waals surface area contributed by atoms with Crippen molar-refractivity contribution in [2.24, 2.45) is 10.9 Å². The maximum Gasteiger partial charge on any atom is 0.343 e. The molecular weight excluding hydrogens is 248 g/mol. The molecule has 1 rings (SSSR count). The van der Waals surface area contributed by atoms with Gasteiger partial charge in [-0.1, -0.05) is 17.3 Å². The van der Waals surface area contributed by atoms with Gasteiger partial charge in [0.25, 0.3) is 0 Å². The van der Waals surface area contributed by atoms with E-state index in [1.807, 2.05) is 18.2 Å². The average Bonchev–Trinajstić information content (AvgIpc) is 2.45. The van der Waals surface area contributed by atoms with E-state index < -0.39 is 5.97 Å². The topological polar surface area (TPSA) is 94.1 Å². The number of methoxy groups -OCH3 is 1. The smallest absolute Gasteiger partial charge is 0.343 e. The van der Waals surface area contributed by atoms with Crippen molar-refractivity contribution in [3.8, 4) is 5.75 Å². The number of carbonyl (C=O) groups excluding carboxylic acids is 1. The van der Waals surface area contributed by atoms with Crippen molar-refractivity contribution >= 4 is 11.8 Å². The third-order valence-electron chi connectivity index (χ3n) is 2.51. The number of hydrogen-bond donors (Lipinski definition) is 2. The van der Waals surface area contributed by atoms with Crippen molar-refractivity contribution in [2.75, 3.05) is 13.7 Å². The predicted molar refractivity (Wildman–Crippen MR) is 70.3 cm³/mol. The minimum absolute atomic E-state index is 0.107. The molecule has 0 bridgehead atoms. The number of carbonyl (C=O) groups is 1. The van der Waals surface area contributed by atoms with Gasteiger partial charge in [-0.15, -0.1) is 0 Å². The normalized spacial score (nSPS) is 11.1. The fourth-order valence-electron chi connectivity index (χ4n) is 1.52. The van der Waals surface area contributed by atoms with Crippen molar-refractivity contribution in [3.05, 3.63) is 29.8 Å². The van der Waals surface area contributed by atoms with Gasteiger partial charge < -0.3 is 20.4 Å². The van der Waals surface area contributed by atoms with Crippen molar-refractivity contribution in [1.82, 2.24) is 0 Å². The highest BCUT2D eigenvalue weighted by molar-refractivity contribution is 5.79. The van der Waals surface area contributed by atoms with Crippen LogP contribution in [0.2, 0.25) is 0 Å². The van der Waals surface area contributed by atoms with E-state index in [1.165, 1.54) is 7.11 Å². The Hall–Kier alpha value is -2.24. The molecule has 3 N–H and O–H groups in total. The Kier molecular flexibility index (Phi) is 6.21. The van der Waals surface area contributed by atoms with E-state index in [9.17, 15) is 4.79 Å². The SMILES string of the molecule is COC(=O)COc1cccc(CCC/C(N)=N/O)c1. The molecule has 0 aliphatic heterocycles. The van der Waals surface area contributed by atoms with Crippen molar-refractivity contribution in [2.45, 2.75) is 19.3 Å². The maximum absolute atomic E-state index is 11.0. The zero-order chi connectivity index (χ0) is 14.1. The number of esters is 1. The van der Waals surface area contributed by atoms with Gasteiger partial charge in [0.2, 0.25) is 0 Å². The van der Waals surface area contributed by atoms with Crippen LogP contribution in [-0.4, -0.2) is 30.7 Å². The second kappa shape index (κ2) is 7.97. The minimum atomic E-state index is -0.419. The Morgan fingerprint density at radius 1 is 1.47 bits per heavy atom. The first kappa shape index (κ1) is 14.8. The maximum atomic E-state index is 11.0. The molecule has 0 heterocycles. The number of oxime groups is 1. The Bertz CT molecular complexity index is 446. The van der Waals surface area contributed by atoms with Gasteiger partial charge in [-0.25, -0.2) is 4.79 Å². The number of hydrogen-bond acceptors (Lipinski definition) is 5. The van der Waals surface area contributed by atoms with Gasteiger partial charge in [0.1, 0.15) is 11.6 Å². The van der Waals surface area contributed by atoms with Gasteiger partial charge in [-0.3, -0.25) is 0 Å². The van der Waals surface area contributed by atoms with Gasteiger partial charge in [0.15, 0.2) is 6.61 Å². The third kappa shape index (κ3) is 5.76. The van der Waals surface area contributed by atoms with Gasteiger partial charge in [0.05, 0.1) is 7.11 Å². The molecule has 104 valence electrons. The van der Waals surface area contributed by atoms with E-state index in [0.717, 1.165) is 18.4 Å². The largest absolute Gasteiger partial charge is 0.482 e. The lowest BCUT2D eigenvalue weighted by Crippen LogP contribution is -2.12. The van der Waals surface area contributed by atoms with Crippen LogP contribution in [0.5, 0.6) is 5.75 Å². The molecule has 0 unspecified atom stereocenters. The van der Waals surface area contributed by atoms with Gasteiger partial charge >= 0.3 is 5.97 Å². The molecule has 0 saturated carbocycles. The Morgan fingerprint density at radius 3 is 2.95 bits per heavy atom. The number of amidine groups is 1. The van der Waals surface area contributed by atoms with E-state index in [2.05, 4.69) is 9.89 Å². The van der Waals surface area contributed by atoms with E-state index in [0.29, 0.717) is 12.2 Å². The number of aryl methyl sites for hydroxylation is 1. The summed E-state index contributed by atoms with van der Waals surface area (Å²) < 4.78 is 9.78. The first-order chi connectivity index (χ1) is 9.15. The molecule has 6 nitrogen and oxygen atoms in total. The zero-order valence-electron chi connectivity index (χ0n) is 10.8. The summed E-state index contributed by atoms with van der Waals surface area (Å²) in [5.41, 5.74) is 6.45. The predicted octanol–water partition coefficient (Wildman–Crippen LogP) is 1.31. The second-order valence-electron chi connectivity index (χ2n) is 3.96. The summed E-state index contributed by atoms with van der Waals surface area (Å²) >= 11 is 0. The standard InChI is InChI=1S/C13H18N2O4/c1-18-13(16)9-19-11-6-2-4-10(8-11)5-3-7-12(14)15-17/h2,4,6,8,17H,3,5,7,9H2,1H3,(H2,14,15). The number of rotatable bonds is 7. The summed E-state index contributed by atoms with van der Waals surface area (Å²) in [6.45, 7) is -0.107. The molecule has 0 radical (unpaired) electrons. The average molecular weight is 266 g/mol. The van der Waals surface area contributed by atoms with Crippen molar-refractivity contribution in [3.63, 3.8) is 0 Å². The van der Waals surface area contributed by atoms with Gasteiger partial charge in [-0.05, 0) is 30.5 Å². The van der Waals surface area contributed by atoms with Crippen molar-refractivity contribution in [1.29, 1.82) is 0 Å². The molecule has 1 aromatic carbocycles. The molecule has 0 aliphatic rings. The highest BCUT2D eigenvalue weighted by atomic mass is 16.6. The molecule has 0 saturated heterocycles.